The lowest BCUT2D eigenvalue weighted by Crippen LogP contribution is -2.23. The molecule has 0 aliphatic heterocycles. The van der Waals surface area contributed by atoms with Crippen LogP contribution < -0.4 is 4.74 Å². The van der Waals surface area contributed by atoms with Crippen molar-refractivity contribution in [3.63, 3.8) is 0 Å². The lowest BCUT2D eigenvalue weighted by atomic mass is 9.87. The van der Waals surface area contributed by atoms with Crippen LogP contribution in [0.3, 0.4) is 0 Å². The number of hydrogen-bond donors (Lipinski definition) is 1. The molecule has 1 aromatic rings. The van der Waals surface area contributed by atoms with Crippen molar-refractivity contribution in [3.05, 3.63) is 29.8 Å². The van der Waals surface area contributed by atoms with Gasteiger partial charge in [0.1, 0.15) is 5.75 Å². The van der Waals surface area contributed by atoms with Crippen molar-refractivity contribution in [1.82, 2.24) is 0 Å². The summed E-state index contributed by atoms with van der Waals surface area (Å²) in [6, 6.07) is 8.12. The van der Waals surface area contributed by atoms with Crippen LogP contribution in [-0.2, 0) is 11.2 Å². The molecule has 0 aliphatic carbocycles. The van der Waals surface area contributed by atoms with Crippen LogP contribution in [0.4, 0.5) is 0 Å². The van der Waals surface area contributed by atoms with E-state index in [9.17, 15) is 4.79 Å². The smallest absolute Gasteiger partial charge is 0.309 e. The normalized spacial score (nSPS) is 11.3. The summed E-state index contributed by atoms with van der Waals surface area (Å²) in [6.07, 6.45) is 3.46. The second kappa shape index (κ2) is 7.17. The molecule has 0 aromatic heterocycles. The highest BCUT2D eigenvalue weighted by Gasteiger charge is 2.25. The fourth-order valence-corrected chi connectivity index (χ4v) is 1.79. The van der Waals surface area contributed by atoms with Gasteiger partial charge in [0.05, 0.1) is 12.0 Å². The molecule has 0 saturated heterocycles. The van der Waals surface area contributed by atoms with Gasteiger partial charge in [0.15, 0.2) is 0 Å². The molecule has 0 fully saturated rings. The highest BCUT2D eigenvalue weighted by molar-refractivity contribution is 5.73. The second-order valence-corrected chi connectivity index (χ2v) is 5.49. The molecule has 0 radical (unpaired) electrons. The van der Waals surface area contributed by atoms with Crippen LogP contribution in [0.5, 0.6) is 5.75 Å². The minimum absolute atomic E-state index is 0.636. The molecular weight excluding hydrogens is 240 g/mol. The van der Waals surface area contributed by atoms with Gasteiger partial charge in [-0.25, -0.2) is 0 Å². The van der Waals surface area contributed by atoms with Gasteiger partial charge in [-0.3, -0.25) is 4.79 Å². The van der Waals surface area contributed by atoms with Crippen LogP contribution in [0.2, 0.25) is 0 Å². The first kappa shape index (κ1) is 15.5. The Bertz CT molecular complexity index is 393. The number of rotatable bonds is 8. The Balaban J connectivity index is 2.22. The van der Waals surface area contributed by atoms with Gasteiger partial charge in [0.2, 0.25) is 0 Å². The van der Waals surface area contributed by atoms with E-state index in [4.69, 9.17) is 9.84 Å². The third-order valence-corrected chi connectivity index (χ3v) is 3.38. The largest absolute Gasteiger partial charge is 0.494 e. The Morgan fingerprint density at radius 2 is 1.84 bits per heavy atom. The lowest BCUT2D eigenvalue weighted by Gasteiger charge is -2.18. The molecular formula is C16H24O3. The molecule has 0 unspecified atom stereocenters. The van der Waals surface area contributed by atoms with Crippen molar-refractivity contribution in [1.29, 1.82) is 0 Å². The fraction of sp³-hybridized carbons (Fsp3) is 0.562. The van der Waals surface area contributed by atoms with Crippen LogP contribution >= 0.6 is 0 Å². The first-order chi connectivity index (χ1) is 8.95. The maximum Gasteiger partial charge on any atom is 0.309 e. The molecule has 0 heterocycles. The van der Waals surface area contributed by atoms with Gasteiger partial charge in [0.25, 0.3) is 0 Å². The number of unbranched alkanes of at least 4 members (excludes halogenated alkanes) is 1. The van der Waals surface area contributed by atoms with Crippen molar-refractivity contribution in [2.24, 2.45) is 5.41 Å². The fourth-order valence-electron chi connectivity index (χ4n) is 1.79. The lowest BCUT2D eigenvalue weighted by molar-refractivity contribution is -0.147. The Hall–Kier alpha value is -1.51. The molecule has 0 spiro atoms. The summed E-state index contributed by atoms with van der Waals surface area (Å²) in [5.41, 5.74) is 0.665. The highest BCUT2D eigenvalue weighted by atomic mass is 16.5. The van der Waals surface area contributed by atoms with Crippen molar-refractivity contribution < 1.29 is 14.6 Å². The summed E-state index contributed by atoms with van der Waals surface area (Å²) in [5, 5.41) is 8.99. The van der Waals surface area contributed by atoms with E-state index in [0.717, 1.165) is 25.0 Å². The molecule has 0 saturated carbocycles. The number of carbonyl (C=O) groups is 1. The molecule has 1 N–H and O–H groups in total. The van der Waals surface area contributed by atoms with E-state index in [2.05, 4.69) is 19.1 Å². The third kappa shape index (κ3) is 5.33. The summed E-state index contributed by atoms with van der Waals surface area (Å²) in [5.74, 6) is 0.151. The Morgan fingerprint density at radius 3 is 2.37 bits per heavy atom. The van der Waals surface area contributed by atoms with Gasteiger partial charge in [-0.1, -0.05) is 19.1 Å². The zero-order chi connectivity index (χ0) is 14.3. The first-order valence-electron chi connectivity index (χ1n) is 6.91. The quantitative estimate of drug-likeness (QED) is 0.724. The number of carboxylic acids is 1. The second-order valence-electron chi connectivity index (χ2n) is 5.49. The molecule has 1 rings (SSSR count). The molecule has 1 aromatic carbocycles. The van der Waals surface area contributed by atoms with Gasteiger partial charge in [-0.05, 0) is 57.2 Å². The maximum absolute atomic E-state index is 10.9. The summed E-state index contributed by atoms with van der Waals surface area (Å²) in [6.45, 7) is 6.29. The van der Waals surface area contributed by atoms with E-state index in [-0.39, 0.29) is 0 Å². The Labute approximate surface area is 115 Å². The van der Waals surface area contributed by atoms with Crippen LogP contribution in [0.1, 0.15) is 45.6 Å². The summed E-state index contributed by atoms with van der Waals surface area (Å²) < 4.78 is 5.63. The summed E-state index contributed by atoms with van der Waals surface area (Å²) >= 11 is 0. The topological polar surface area (TPSA) is 46.5 Å². The average Bonchev–Trinajstić information content (AvgIpc) is 2.38. The van der Waals surface area contributed by atoms with E-state index >= 15 is 0 Å². The van der Waals surface area contributed by atoms with Crippen molar-refractivity contribution >= 4 is 5.97 Å². The monoisotopic (exact) mass is 264 g/mol. The predicted octanol–water partition coefficient (Wildman–Crippen LogP) is 3.91. The summed E-state index contributed by atoms with van der Waals surface area (Å²) in [4.78, 5) is 10.9. The Kier molecular flexibility index (Phi) is 5.87. The minimum atomic E-state index is -0.733. The van der Waals surface area contributed by atoms with Crippen LogP contribution in [-0.4, -0.2) is 17.7 Å². The molecule has 3 nitrogen and oxygen atoms in total. The zero-order valence-corrected chi connectivity index (χ0v) is 12.1. The number of aryl methyl sites for hydroxylation is 1. The first-order valence-corrected chi connectivity index (χ1v) is 6.91. The van der Waals surface area contributed by atoms with Gasteiger partial charge in [0, 0.05) is 0 Å². The van der Waals surface area contributed by atoms with Gasteiger partial charge >= 0.3 is 5.97 Å². The number of benzene rings is 1. The zero-order valence-electron chi connectivity index (χ0n) is 12.1. The molecule has 0 amide bonds. The molecule has 0 bridgehead atoms. The maximum atomic E-state index is 10.9. The average molecular weight is 264 g/mol. The molecule has 106 valence electrons. The van der Waals surface area contributed by atoms with Crippen molar-refractivity contribution in [2.75, 3.05) is 6.61 Å². The van der Waals surface area contributed by atoms with E-state index < -0.39 is 11.4 Å². The van der Waals surface area contributed by atoms with Crippen molar-refractivity contribution in [2.45, 2.75) is 46.5 Å². The van der Waals surface area contributed by atoms with E-state index in [1.165, 1.54) is 5.56 Å². The van der Waals surface area contributed by atoms with Crippen LogP contribution in [0.25, 0.3) is 0 Å². The predicted molar refractivity (Wildman–Crippen MR) is 76.6 cm³/mol. The minimum Gasteiger partial charge on any atom is -0.494 e. The third-order valence-electron chi connectivity index (χ3n) is 3.38. The molecule has 0 atom stereocenters. The van der Waals surface area contributed by atoms with Crippen molar-refractivity contribution in [3.8, 4) is 5.75 Å². The standard InChI is InChI=1S/C16H24O3/c1-4-13-7-9-14(10-8-13)19-12-6-5-11-16(2,3)15(17)18/h7-10H,4-6,11-12H2,1-3H3,(H,17,18). The van der Waals surface area contributed by atoms with Crippen LogP contribution in [0, 0.1) is 5.41 Å². The van der Waals surface area contributed by atoms with Gasteiger partial charge in [-0.15, -0.1) is 0 Å². The SMILES string of the molecule is CCc1ccc(OCCCCC(C)(C)C(=O)O)cc1. The number of hydrogen-bond acceptors (Lipinski definition) is 2. The summed E-state index contributed by atoms with van der Waals surface area (Å²) in [7, 11) is 0. The van der Waals surface area contributed by atoms with Gasteiger partial charge < -0.3 is 9.84 Å². The Morgan fingerprint density at radius 1 is 1.21 bits per heavy atom. The number of carboxylic acid groups (broad SMARTS) is 1. The van der Waals surface area contributed by atoms with Crippen LogP contribution in [0.15, 0.2) is 24.3 Å². The molecule has 19 heavy (non-hydrogen) atoms. The molecule has 0 aliphatic rings. The van der Waals surface area contributed by atoms with E-state index in [1.54, 1.807) is 13.8 Å². The van der Waals surface area contributed by atoms with E-state index in [0.29, 0.717) is 13.0 Å². The van der Waals surface area contributed by atoms with Gasteiger partial charge in [-0.2, -0.15) is 0 Å². The molecule has 3 heteroatoms. The number of aliphatic carboxylic acids is 1. The number of ether oxygens (including phenoxy) is 1. The highest BCUT2D eigenvalue weighted by Crippen LogP contribution is 2.23. The van der Waals surface area contributed by atoms with E-state index in [1.807, 2.05) is 12.1 Å².